The molecule has 1 N–H and O–H groups in total. The number of halogens is 3. The van der Waals surface area contributed by atoms with Crippen LogP contribution < -0.4 is 5.32 Å². The molecule has 3 atom stereocenters. The van der Waals surface area contributed by atoms with Crippen LogP contribution in [-0.2, 0) is 4.74 Å². The zero-order valence-corrected chi connectivity index (χ0v) is 12.6. The van der Waals surface area contributed by atoms with Gasteiger partial charge in [-0.05, 0) is 37.6 Å². The highest BCUT2D eigenvalue weighted by molar-refractivity contribution is 4.82. The highest BCUT2D eigenvalue weighted by Crippen LogP contribution is 2.33. The molecule has 1 aliphatic rings. The molecule has 0 bridgehead atoms. The zero-order chi connectivity index (χ0) is 15.0. The zero-order valence-electron chi connectivity index (χ0n) is 12.6. The third-order valence-corrected chi connectivity index (χ3v) is 4.27. The van der Waals surface area contributed by atoms with Gasteiger partial charge in [0.1, 0.15) is 6.61 Å². The first kappa shape index (κ1) is 17.8. The number of ether oxygens (including phenoxy) is 1. The predicted molar refractivity (Wildman–Crippen MR) is 74.7 cm³/mol. The SMILES string of the molecule is CCNC(CCOCC(F)(F)F)C1CCCC(CC)C1. The van der Waals surface area contributed by atoms with E-state index in [4.69, 9.17) is 4.74 Å². The molecule has 1 aliphatic carbocycles. The van der Waals surface area contributed by atoms with E-state index in [9.17, 15) is 13.2 Å². The molecule has 0 aromatic heterocycles. The molecule has 1 fully saturated rings. The van der Waals surface area contributed by atoms with Gasteiger partial charge in [-0.15, -0.1) is 0 Å². The molecule has 0 spiro atoms. The van der Waals surface area contributed by atoms with Gasteiger partial charge in [0, 0.05) is 12.6 Å². The second-order valence-corrected chi connectivity index (χ2v) is 5.82. The highest BCUT2D eigenvalue weighted by atomic mass is 19.4. The van der Waals surface area contributed by atoms with Gasteiger partial charge in [0.05, 0.1) is 0 Å². The summed E-state index contributed by atoms with van der Waals surface area (Å²) in [5, 5.41) is 3.43. The first-order chi connectivity index (χ1) is 9.46. The van der Waals surface area contributed by atoms with Crippen molar-refractivity contribution < 1.29 is 17.9 Å². The Morgan fingerprint density at radius 1 is 1.25 bits per heavy atom. The highest BCUT2D eigenvalue weighted by Gasteiger charge is 2.29. The summed E-state index contributed by atoms with van der Waals surface area (Å²) in [6.07, 6.45) is 2.60. The minimum absolute atomic E-state index is 0.185. The Hall–Kier alpha value is -0.290. The average Bonchev–Trinajstić information content (AvgIpc) is 2.41. The number of hydrogen-bond acceptors (Lipinski definition) is 2. The van der Waals surface area contributed by atoms with E-state index < -0.39 is 12.8 Å². The number of nitrogens with one attached hydrogen (secondary N) is 1. The van der Waals surface area contributed by atoms with Gasteiger partial charge in [0.2, 0.25) is 0 Å². The Labute approximate surface area is 120 Å². The summed E-state index contributed by atoms with van der Waals surface area (Å²) in [6.45, 7) is 4.18. The Bertz CT molecular complexity index is 258. The van der Waals surface area contributed by atoms with E-state index in [2.05, 4.69) is 12.2 Å². The molecular formula is C15H28F3NO. The quantitative estimate of drug-likeness (QED) is 0.679. The Morgan fingerprint density at radius 3 is 2.60 bits per heavy atom. The fraction of sp³-hybridized carbons (Fsp3) is 1.00. The lowest BCUT2D eigenvalue weighted by atomic mass is 9.76. The van der Waals surface area contributed by atoms with Crippen molar-refractivity contribution in [3.8, 4) is 0 Å². The summed E-state index contributed by atoms with van der Waals surface area (Å²) in [5.74, 6) is 1.37. The van der Waals surface area contributed by atoms with Crippen molar-refractivity contribution in [2.75, 3.05) is 19.8 Å². The third-order valence-electron chi connectivity index (χ3n) is 4.27. The van der Waals surface area contributed by atoms with Gasteiger partial charge in [-0.2, -0.15) is 13.2 Å². The van der Waals surface area contributed by atoms with Crippen LogP contribution in [0.15, 0.2) is 0 Å². The molecular weight excluding hydrogens is 267 g/mol. The lowest BCUT2D eigenvalue weighted by Crippen LogP contribution is -2.39. The van der Waals surface area contributed by atoms with Crippen LogP contribution in [-0.4, -0.2) is 32.0 Å². The summed E-state index contributed by atoms with van der Waals surface area (Å²) < 4.78 is 40.9. The van der Waals surface area contributed by atoms with E-state index in [1.165, 1.54) is 32.1 Å². The van der Waals surface area contributed by atoms with Gasteiger partial charge in [-0.25, -0.2) is 0 Å². The largest absolute Gasteiger partial charge is 0.411 e. The van der Waals surface area contributed by atoms with Crippen LogP contribution in [0.1, 0.15) is 52.4 Å². The molecule has 20 heavy (non-hydrogen) atoms. The minimum atomic E-state index is -4.22. The summed E-state index contributed by atoms with van der Waals surface area (Å²) in [5.41, 5.74) is 0. The number of alkyl halides is 3. The van der Waals surface area contributed by atoms with Crippen molar-refractivity contribution >= 4 is 0 Å². The molecule has 0 amide bonds. The van der Waals surface area contributed by atoms with Crippen LogP contribution in [0.4, 0.5) is 13.2 Å². The van der Waals surface area contributed by atoms with E-state index in [-0.39, 0.29) is 6.61 Å². The van der Waals surface area contributed by atoms with Crippen LogP contribution >= 0.6 is 0 Å². The maximum absolute atomic E-state index is 12.0. The first-order valence-corrected chi connectivity index (χ1v) is 7.84. The second-order valence-electron chi connectivity index (χ2n) is 5.82. The molecule has 0 aromatic carbocycles. The maximum Gasteiger partial charge on any atom is 0.411 e. The molecule has 3 unspecified atom stereocenters. The smallest absolute Gasteiger partial charge is 0.372 e. The minimum Gasteiger partial charge on any atom is -0.372 e. The second kappa shape index (κ2) is 8.88. The van der Waals surface area contributed by atoms with Gasteiger partial charge in [-0.1, -0.05) is 33.1 Å². The van der Waals surface area contributed by atoms with Crippen LogP contribution in [0.3, 0.4) is 0 Å². The average molecular weight is 295 g/mol. The Morgan fingerprint density at radius 2 is 2.00 bits per heavy atom. The normalized spacial score (nSPS) is 25.6. The molecule has 0 heterocycles. The van der Waals surface area contributed by atoms with Gasteiger partial charge >= 0.3 is 6.18 Å². The fourth-order valence-electron chi connectivity index (χ4n) is 3.23. The van der Waals surface area contributed by atoms with Crippen LogP contribution in [0, 0.1) is 11.8 Å². The topological polar surface area (TPSA) is 21.3 Å². The molecule has 0 saturated heterocycles. The van der Waals surface area contributed by atoms with Crippen molar-refractivity contribution in [3.63, 3.8) is 0 Å². The standard InChI is InChI=1S/C15H28F3NO/c1-3-12-6-5-7-13(10-12)14(19-4-2)8-9-20-11-15(16,17)18/h12-14,19H,3-11H2,1-2H3. The summed E-state index contributed by atoms with van der Waals surface area (Å²) in [6, 6.07) is 0.294. The van der Waals surface area contributed by atoms with Crippen LogP contribution in [0.25, 0.3) is 0 Å². The Kier molecular flexibility index (Phi) is 7.88. The molecule has 1 saturated carbocycles. The van der Waals surface area contributed by atoms with Gasteiger partial charge in [0.15, 0.2) is 0 Å². The molecule has 5 heteroatoms. The molecule has 0 aromatic rings. The summed E-state index contributed by atoms with van der Waals surface area (Å²) in [4.78, 5) is 0. The summed E-state index contributed by atoms with van der Waals surface area (Å²) in [7, 11) is 0. The predicted octanol–water partition coefficient (Wildman–Crippen LogP) is 4.15. The number of rotatable bonds is 8. The van der Waals surface area contributed by atoms with Crippen molar-refractivity contribution in [1.82, 2.24) is 5.32 Å². The lowest BCUT2D eigenvalue weighted by Gasteiger charge is -2.34. The monoisotopic (exact) mass is 295 g/mol. The van der Waals surface area contributed by atoms with Gasteiger partial charge in [0.25, 0.3) is 0 Å². The van der Waals surface area contributed by atoms with Gasteiger partial charge in [-0.3, -0.25) is 0 Å². The van der Waals surface area contributed by atoms with Crippen molar-refractivity contribution in [2.45, 2.75) is 64.6 Å². The molecule has 1 rings (SSSR count). The van der Waals surface area contributed by atoms with Crippen molar-refractivity contribution in [3.05, 3.63) is 0 Å². The first-order valence-electron chi connectivity index (χ1n) is 7.84. The summed E-state index contributed by atoms with van der Waals surface area (Å²) >= 11 is 0. The van der Waals surface area contributed by atoms with Gasteiger partial charge < -0.3 is 10.1 Å². The van der Waals surface area contributed by atoms with Crippen molar-refractivity contribution in [1.29, 1.82) is 0 Å². The molecule has 0 aliphatic heterocycles. The van der Waals surface area contributed by atoms with Crippen LogP contribution in [0.2, 0.25) is 0 Å². The molecule has 120 valence electrons. The van der Waals surface area contributed by atoms with E-state index in [0.29, 0.717) is 18.4 Å². The van der Waals surface area contributed by atoms with E-state index in [1.807, 2.05) is 6.92 Å². The van der Waals surface area contributed by atoms with E-state index in [0.717, 1.165) is 12.5 Å². The third kappa shape index (κ3) is 6.93. The number of hydrogen-bond donors (Lipinski definition) is 1. The molecule has 2 nitrogen and oxygen atoms in total. The lowest BCUT2D eigenvalue weighted by molar-refractivity contribution is -0.174. The fourth-order valence-corrected chi connectivity index (χ4v) is 3.23. The Balaban J connectivity index is 2.35. The van der Waals surface area contributed by atoms with E-state index >= 15 is 0 Å². The van der Waals surface area contributed by atoms with E-state index in [1.54, 1.807) is 0 Å². The molecule has 0 radical (unpaired) electrons. The van der Waals surface area contributed by atoms with Crippen molar-refractivity contribution in [2.24, 2.45) is 11.8 Å². The van der Waals surface area contributed by atoms with Crippen LogP contribution in [0.5, 0.6) is 0 Å². The maximum atomic E-state index is 12.0.